The minimum Gasteiger partial charge on any atom is -0.481 e. The SMILES string of the molecule is N#C/C(=C/Nc1c(F)cccc1F)C(=O)N1CCC(C(=O)O)CC1. The first-order valence-electron chi connectivity index (χ1n) is 7.27. The van der Waals surface area contributed by atoms with Crippen LogP contribution in [0.1, 0.15) is 12.8 Å². The van der Waals surface area contributed by atoms with Gasteiger partial charge in [-0.05, 0) is 25.0 Å². The quantitative estimate of drug-likeness (QED) is 0.649. The fraction of sp³-hybridized carbons (Fsp3) is 0.312. The molecule has 24 heavy (non-hydrogen) atoms. The minimum absolute atomic E-state index is 0.211. The van der Waals surface area contributed by atoms with Crippen molar-refractivity contribution in [1.29, 1.82) is 5.26 Å². The molecule has 0 spiro atoms. The number of para-hydroxylation sites is 1. The molecule has 0 radical (unpaired) electrons. The Kier molecular flexibility index (Phi) is 5.47. The van der Waals surface area contributed by atoms with Gasteiger partial charge >= 0.3 is 5.97 Å². The third-order valence-corrected chi connectivity index (χ3v) is 3.81. The summed E-state index contributed by atoms with van der Waals surface area (Å²) >= 11 is 0. The molecule has 1 aliphatic rings. The molecule has 6 nitrogen and oxygen atoms in total. The molecule has 1 heterocycles. The number of likely N-dealkylation sites (tertiary alicyclic amines) is 1. The van der Waals surface area contributed by atoms with Crippen LogP contribution < -0.4 is 5.32 Å². The number of piperidine rings is 1. The van der Waals surface area contributed by atoms with Crippen molar-refractivity contribution >= 4 is 17.6 Å². The van der Waals surface area contributed by atoms with Crippen LogP contribution in [0.25, 0.3) is 0 Å². The number of nitriles is 1. The van der Waals surface area contributed by atoms with E-state index in [2.05, 4.69) is 5.32 Å². The van der Waals surface area contributed by atoms with E-state index >= 15 is 0 Å². The van der Waals surface area contributed by atoms with Gasteiger partial charge in [0.25, 0.3) is 5.91 Å². The van der Waals surface area contributed by atoms with E-state index in [1.807, 2.05) is 0 Å². The standard InChI is InChI=1S/C16H15F2N3O3/c17-12-2-1-3-13(18)14(12)20-9-11(8-19)15(22)21-6-4-10(5-7-21)16(23)24/h1-3,9-10,20H,4-7H2,(H,23,24)/b11-9-. The number of hydrogen-bond acceptors (Lipinski definition) is 4. The first-order chi connectivity index (χ1) is 11.4. The lowest BCUT2D eigenvalue weighted by atomic mass is 9.97. The first-order valence-corrected chi connectivity index (χ1v) is 7.27. The van der Waals surface area contributed by atoms with Gasteiger partial charge < -0.3 is 15.3 Å². The fourth-order valence-corrected chi connectivity index (χ4v) is 2.42. The maximum absolute atomic E-state index is 13.5. The molecule has 1 aromatic rings. The van der Waals surface area contributed by atoms with Gasteiger partial charge in [0.15, 0.2) is 0 Å². The zero-order valence-corrected chi connectivity index (χ0v) is 12.6. The lowest BCUT2D eigenvalue weighted by molar-refractivity contribution is -0.145. The first kappa shape index (κ1) is 17.4. The van der Waals surface area contributed by atoms with Gasteiger partial charge in [-0.25, -0.2) is 8.78 Å². The van der Waals surface area contributed by atoms with Crippen molar-refractivity contribution in [3.8, 4) is 6.07 Å². The van der Waals surface area contributed by atoms with Crippen LogP contribution >= 0.6 is 0 Å². The largest absolute Gasteiger partial charge is 0.481 e. The highest BCUT2D eigenvalue weighted by Crippen LogP contribution is 2.20. The second kappa shape index (κ2) is 7.55. The number of carboxylic acids is 1. The number of halogens is 2. The van der Waals surface area contributed by atoms with E-state index in [1.165, 1.54) is 11.0 Å². The summed E-state index contributed by atoms with van der Waals surface area (Å²) in [6.07, 6.45) is 1.55. The topological polar surface area (TPSA) is 93.4 Å². The van der Waals surface area contributed by atoms with E-state index in [0.29, 0.717) is 12.8 Å². The van der Waals surface area contributed by atoms with Gasteiger partial charge in [0.2, 0.25) is 0 Å². The van der Waals surface area contributed by atoms with Crippen molar-refractivity contribution in [2.75, 3.05) is 18.4 Å². The van der Waals surface area contributed by atoms with E-state index in [9.17, 15) is 18.4 Å². The Hall–Kier alpha value is -2.95. The molecule has 1 saturated heterocycles. The second-order valence-corrected chi connectivity index (χ2v) is 5.32. The number of rotatable bonds is 4. The monoisotopic (exact) mass is 335 g/mol. The molecular formula is C16H15F2N3O3. The summed E-state index contributed by atoms with van der Waals surface area (Å²) in [7, 11) is 0. The lowest BCUT2D eigenvalue weighted by Gasteiger charge is -2.29. The summed E-state index contributed by atoms with van der Waals surface area (Å²) in [5.74, 6) is -3.72. The van der Waals surface area contributed by atoms with Crippen LogP contribution in [0.3, 0.4) is 0 Å². The molecule has 8 heteroatoms. The Morgan fingerprint density at radius 3 is 2.38 bits per heavy atom. The number of nitrogens with zero attached hydrogens (tertiary/aromatic N) is 2. The second-order valence-electron chi connectivity index (χ2n) is 5.32. The summed E-state index contributed by atoms with van der Waals surface area (Å²) in [4.78, 5) is 24.5. The van der Waals surface area contributed by atoms with Gasteiger partial charge in [-0.2, -0.15) is 5.26 Å². The third-order valence-electron chi connectivity index (χ3n) is 3.81. The molecule has 0 saturated carbocycles. The lowest BCUT2D eigenvalue weighted by Crippen LogP contribution is -2.40. The van der Waals surface area contributed by atoms with Crippen molar-refractivity contribution in [2.45, 2.75) is 12.8 Å². The highest BCUT2D eigenvalue weighted by Gasteiger charge is 2.28. The number of carbonyl (C=O) groups is 2. The van der Waals surface area contributed by atoms with Crippen molar-refractivity contribution in [1.82, 2.24) is 4.90 Å². The predicted octanol–water partition coefficient (Wildman–Crippen LogP) is 2.11. The zero-order chi connectivity index (χ0) is 17.7. The summed E-state index contributed by atoms with van der Waals surface area (Å²) in [6, 6.07) is 4.98. The molecule has 126 valence electrons. The van der Waals surface area contributed by atoms with Gasteiger partial charge in [0.1, 0.15) is 29.0 Å². The fourth-order valence-electron chi connectivity index (χ4n) is 2.42. The average Bonchev–Trinajstić information content (AvgIpc) is 2.57. The van der Waals surface area contributed by atoms with Crippen LogP contribution in [0.4, 0.5) is 14.5 Å². The maximum Gasteiger partial charge on any atom is 0.306 e. The van der Waals surface area contributed by atoms with Crippen molar-refractivity contribution in [2.24, 2.45) is 5.92 Å². The van der Waals surface area contributed by atoms with Crippen LogP contribution in [0.2, 0.25) is 0 Å². The van der Waals surface area contributed by atoms with E-state index in [-0.39, 0.29) is 18.7 Å². The molecule has 0 bridgehead atoms. The molecule has 0 atom stereocenters. The van der Waals surface area contributed by atoms with E-state index in [0.717, 1.165) is 18.3 Å². The number of aliphatic carboxylic acids is 1. The van der Waals surface area contributed by atoms with Crippen molar-refractivity contribution < 1.29 is 23.5 Å². The number of amides is 1. The normalized spacial score (nSPS) is 15.7. The molecule has 1 amide bonds. The number of hydrogen-bond donors (Lipinski definition) is 2. The summed E-state index contributed by atoms with van der Waals surface area (Å²) in [5, 5.41) is 20.3. The number of benzene rings is 1. The minimum atomic E-state index is -0.908. The molecule has 1 aromatic carbocycles. The smallest absolute Gasteiger partial charge is 0.306 e. The van der Waals surface area contributed by atoms with Crippen LogP contribution in [0.5, 0.6) is 0 Å². The van der Waals surface area contributed by atoms with Crippen molar-refractivity contribution in [3.63, 3.8) is 0 Å². The Morgan fingerprint density at radius 2 is 1.88 bits per heavy atom. The predicted molar refractivity (Wildman–Crippen MR) is 80.6 cm³/mol. The summed E-state index contributed by atoms with van der Waals surface area (Å²) < 4.78 is 27.0. The van der Waals surface area contributed by atoms with E-state index < -0.39 is 35.1 Å². The molecule has 0 aliphatic carbocycles. The highest BCUT2D eigenvalue weighted by atomic mass is 19.1. The summed E-state index contributed by atoms with van der Waals surface area (Å²) in [6.45, 7) is 0.422. The van der Waals surface area contributed by atoms with Gasteiger partial charge in [-0.3, -0.25) is 9.59 Å². The number of anilines is 1. The van der Waals surface area contributed by atoms with Gasteiger partial charge in [-0.1, -0.05) is 6.07 Å². The van der Waals surface area contributed by atoms with Crippen molar-refractivity contribution in [3.05, 3.63) is 41.6 Å². The molecule has 0 aromatic heterocycles. The number of nitrogens with one attached hydrogen (secondary N) is 1. The average molecular weight is 335 g/mol. The number of carboxylic acid groups (broad SMARTS) is 1. The van der Waals surface area contributed by atoms with E-state index in [1.54, 1.807) is 6.07 Å². The van der Waals surface area contributed by atoms with Gasteiger partial charge in [-0.15, -0.1) is 0 Å². The highest BCUT2D eigenvalue weighted by molar-refractivity contribution is 5.97. The van der Waals surface area contributed by atoms with Gasteiger partial charge in [0, 0.05) is 19.3 Å². The van der Waals surface area contributed by atoms with Crippen LogP contribution in [0.15, 0.2) is 30.0 Å². The Bertz CT molecular complexity index is 700. The zero-order valence-electron chi connectivity index (χ0n) is 12.6. The molecular weight excluding hydrogens is 320 g/mol. The Labute approximate surface area is 137 Å². The molecule has 0 unspecified atom stereocenters. The molecule has 1 aliphatic heterocycles. The van der Waals surface area contributed by atoms with Crippen LogP contribution in [-0.4, -0.2) is 35.0 Å². The molecule has 2 rings (SSSR count). The van der Waals surface area contributed by atoms with Gasteiger partial charge in [0.05, 0.1) is 5.92 Å². The molecule has 2 N–H and O–H groups in total. The Balaban J connectivity index is 2.07. The van der Waals surface area contributed by atoms with E-state index in [4.69, 9.17) is 10.4 Å². The summed E-state index contributed by atoms with van der Waals surface area (Å²) in [5.41, 5.74) is -0.769. The molecule has 1 fully saturated rings. The Morgan fingerprint density at radius 1 is 1.29 bits per heavy atom. The van der Waals surface area contributed by atoms with Crippen LogP contribution in [-0.2, 0) is 9.59 Å². The number of carbonyl (C=O) groups excluding carboxylic acids is 1. The maximum atomic E-state index is 13.5. The van der Waals surface area contributed by atoms with Crippen LogP contribution in [0, 0.1) is 28.9 Å². The third kappa shape index (κ3) is 3.87.